The van der Waals surface area contributed by atoms with Gasteiger partial charge >= 0.3 is 0 Å². The molecule has 1 saturated heterocycles. The van der Waals surface area contributed by atoms with Crippen molar-refractivity contribution in [3.63, 3.8) is 0 Å². The lowest BCUT2D eigenvalue weighted by Gasteiger charge is -2.40. The van der Waals surface area contributed by atoms with Crippen molar-refractivity contribution in [2.75, 3.05) is 37.3 Å². The molecular weight excluding hydrogens is 276 g/mol. The molecule has 1 atom stereocenters. The van der Waals surface area contributed by atoms with E-state index in [4.69, 9.17) is 10.9 Å². The monoisotopic (exact) mass is 298 g/mol. The highest BCUT2D eigenvalue weighted by Gasteiger charge is 2.24. The molecule has 0 aromatic heterocycles. The first-order chi connectivity index (χ1) is 9.31. The second kappa shape index (κ2) is 5.59. The van der Waals surface area contributed by atoms with Gasteiger partial charge in [-0.15, -0.1) is 0 Å². The predicted molar refractivity (Wildman–Crippen MR) is 81.1 cm³/mol. The Balaban J connectivity index is 2.31. The summed E-state index contributed by atoms with van der Waals surface area (Å²) in [6, 6.07) is 5.26. The fraction of sp³-hybridized carbons (Fsp3) is 0.538. The molecule has 1 unspecified atom stereocenters. The van der Waals surface area contributed by atoms with Crippen LogP contribution in [-0.4, -0.2) is 46.0 Å². The third-order valence-corrected chi connectivity index (χ3v) is 4.75. The molecule has 1 heterocycles. The van der Waals surface area contributed by atoms with Crippen LogP contribution in [0.25, 0.3) is 0 Å². The summed E-state index contributed by atoms with van der Waals surface area (Å²) in [5.41, 5.74) is 7.04. The average Bonchev–Trinajstić information content (AvgIpc) is 2.37. The maximum atomic E-state index is 11.5. The van der Waals surface area contributed by atoms with E-state index in [1.54, 1.807) is 12.1 Å². The molecule has 1 fully saturated rings. The molecule has 2 rings (SSSR count). The van der Waals surface area contributed by atoms with Crippen LogP contribution in [0.15, 0.2) is 23.1 Å². The van der Waals surface area contributed by atoms with E-state index in [9.17, 15) is 8.42 Å². The Bertz CT molecular complexity index is 588. The lowest BCUT2D eigenvalue weighted by Crippen LogP contribution is -2.51. The Morgan fingerprint density at radius 3 is 2.60 bits per heavy atom. The summed E-state index contributed by atoms with van der Waals surface area (Å²) in [6.45, 7) is 4.80. The molecule has 0 aliphatic carbocycles. The van der Waals surface area contributed by atoms with Crippen LogP contribution in [0.4, 0.5) is 11.4 Å². The van der Waals surface area contributed by atoms with Crippen LogP contribution in [0, 0.1) is 0 Å². The van der Waals surface area contributed by atoms with E-state index < -0.39 is 10.0 Å². The number of benzene rings is 1. The predicted octanol–water partition coefficient (Wildman–Crippen LogP) is 0.447. The largest absolute Gasteiger partial charge is 0.399 e. The lowest BCUT2D eigenvalue weighted by atomic mass is 10.1. The Morgan fingerprint density at radius 2 is 2.00 bits per heavy atom. The Hall–Kier alpha value is -1.31. The Morgan fingerprint density at radius 1 is 1.30 bits per heavy atom. The SMILES string of the molecule is CCC1CN(c2cc(N)cc(S(N)(=O)=O)c2)CCN1C. The zero-order chi connectivity index (χ0) is 14.9. The van der Waals surface area contributed by atoms with Gasteiger partial charge in [0.1, 0.15) is 0 Å². The van der Waals surface area contributed by atoms with Gasteiger partial charge in [0.25, 0.3) is 0 Å². The van der Waals surface area contributed by atoms with Crippen molar-refractivity contribution in [2.45, 2.75) is 24.3 Å². The standard InChI is InChI=1S/C13H22N4O2S/c1-3-11-9-17(5-4-16(11)2)12-6-10(14)7-13(8-12)20(15,18)19/h6-8,11H,3-5,9,14H2,1-2H3,(H2,15,18,19). The summed E-state index contributed by atoms with van der Waals surface area (Å²) in [6.07, 6.45) is 1.05. The normalized spacial score (nSPS) is 21.1. The minimum Gasteiger partial charge on any atom is -0.399 e. The van der Waals surface area contributed by atoms with Crippen molar-refractivity contribution in [2.24, 2.45) is 5.14 Å². The highest BCUT2D eigenvalue weighted by Crippen LogP contribution is 2.25. The number of hydrogen-bond donors (Lipinski definition) is 2. The van der Waals surface area contributed by atoms with E-state index in [1.807, 2.05) is 0 Å². The Kier molecular flexibility index (Phi) is 4.22. The number of primary sulfonamides is 1. The average molecular weight is 298 g/mol. The molecule has 20 heavy (non-hydrogen) atoms. The van der Waals surface area contributed by atoms with Gasteiger partial charge in [-0.3, -0.25) is 4.90 Å². The van der Waals surface area contributed by atoms with E-state index in [0.717, 1.165) is 31.7 Å². The van der Waals surface area contributed by atoms with Crippen molar-refractivity contribution in [3.05, 3.63) is 18.2 Å². The van der Waals surface area contributed by atoms with Crippen molar-refractivity contribution < 1.29 is 8.42 Å². The second-order valence-electron chi connectivity index (χ2n) is 5.29. The number of rotatable bonds is 3. The summed E-state index contributed by atoms with van der Waals surface area (Å²) >= 11 is 0. The smallest absolute Gasteiger partial charge is 0.238 e. The molecule has 1 aliphatic heterocycles. The van der Waals surface area contributed by atoms with Crippen molar-refractivity contribution in [1.29, 1.82) is 0 Å². The molecular formula is C13H22N4O2S. The van der Waals surface area contributed by atoms with Gasteiger partial charge in [0.05, 0.1) is 4.90 Å². The minimum atomic E-state index is -3.73. The fourth-order valence-corrected chi connectivity index (χ4v) is 3.16. The number of nitrogens with zero attached hydrogens (tertiary/aromatic N) is 2. The maximum Gasteiger partial charge on any atom is 0.238 e. The molecule has 0 bridgehead atoms. The number of likely N-dealkylation sites (N-methyl/N-ethyl adjacent to an activating group) is 1. The zero-order valence-electron chi connectivity index (χ0n) is 11.9. The van der Waals surface area contributed by atoms with Crippen LogP contribution in [-0.2, 0) is 10.0 Å². The number of nitrogen functional groups attached to an aromatic ring is 1. The second-order valence-corrected chi connectivity index (χ2v) is 6.86. The summed E-state index contributed by atoms with van der Waals surface area (Å²) in [7, 11) is -1.62. The maximum absolute atomic E-state index is 11.5. The molecule has 6 nitrogen and oxygen atoms in total. The molecule has 1 aromatic carbocycles. The summed E-state index contributed by atoms with van der Waals surface area (Å²) in [5, 5.41) is 5.19. The fourth-order valence-electron chi connectivity index (χ4n) is 2.57. The van der Waals surface area contributed by atoms with E-state index in [1.165, 1.54) is 6.07 Å². The highest BCUT2D eigenvalue weighted by molar-refractivity contribution is 7.89. The van der Waals surface area contributed by atoms with Crippen LogP contribution in [0.2, 0.25) is 0 Å². The van der Waals surface area contributed by atoms with Gasteiger partial charge in [0, 0.05) is 37.1 Å². The van der Waals surface area contributed by atoms with Gasteiger partial charge < -0.3 is 10.6 Å². The van der Waals surface area contributed by atoms with Crippen LogP contribution in [0.1, 0.15) is 13.3 Å². The molecule has 7 heteroatoms. The third kappa shape index (κ3) is 3.23. The highest BCUT2D eigenvalue weighted by atomic mass is 32.2. The van der Waals surface area contributed by atoms with Crippen LogP contribution in [0.3, 0.4) is 0 Å². The van der Waals surface area contributed by atoms with Gasteiger partial charge in [-0.1, -0.05) is 6.92 Å². The van der Waals surface area contributed by atoms with Crippen LogP contribution >= 0.6 is 0 Å². The van der Waals surface area contributed by atoms with E-state index in [0.29, 0.717) is 11.7 Å². The van der Waals surface area contributed by atoms with Gasteiger partial charge in [-0.25, -0.2) is 13.6 Å². The van der Waals surface area contributed by atoms with E-state index in [2.05, 4.69) is 23.8 Å². The quantitative estimate of drug-likeness (QED) is 0.790. The van der Waals surface area contributed by atoms with E-state index >= 15 is 0 Å². The van der Waals surface area contributed by atoms with E-state index in [-0.39, 0.29) is 4.90 Å². The van der Waals surface area contributed by atoms with Gasteiger partial charge in [-0.2, -0.15) is 0 Å². The minimum absolute atomic E-state index is 0.0690. The van der Waals surface area contributed by atoms with Gasteiger partial charge in [-0.05, 0) is 31.7 Å². The molecule has 0 spiro atoms. The molecule has 0 radical (unpaired) electrons. The number of piperazine rings is 1. The van der Waals surface area contributed by atoms with Crippen molar-refractivity contribution in [3.8, 4) is 0 Å². The van der Waals surface area contributed by atoms with Gasteiger partial charge in [0.2, 0.25) is 10.0 Å². The zero-order valence-corrected chi connectivity index (χ0v) is 12.7. The first-order valence-electron chi connectivity index (χ1n) is 6.70. The third-order valence-electron chi connectivity index (χ3n) is 3.86. The summed E-state index contributed by atoms with van der Waals surface area (Å²) in [5.74, 6) is 0. The number of sulfonamides is 1. The number of nitrogens with two attached hydrogens (primary N) is 2. The molecule has 112 valence electrons. The van der Waals surface area contributed by atoms with Crippen molar-refractivity contribution in [1.82, 2.24) is 4.90 Å². The molecule has 0 amide bonds. The molecule has 4 N–H and O–H groups in total. The van der Waals surface area contributed by atoms with Crippen LogP contribution < -0.4 is 15.8 Å². The number of hydrogen-bond acceptors (Lipinski definition) is 5. The first kappa shape index (κ1) is 15.1. The Labute approximate surface area is 120 Å². The topological polar surface area (TPSA) is 92.7 Å². The lowest BCUT2D eigenvalue weighted by molar-refractivity contribution is 0.213. The molecule has 1 aromatic rings. The molecule has 1 aliphatic rings. The molecule has 0 saturated carbocycles. The van der Waals surface area contributed by atoms with Crippen LogP contribution in [0.5, 0.6) is 0 Å². The summed E-state index contributed by atoms with van der Waals surface area (Å²) < 4.78 is 23.0. The van der Waals surface area contributed by atoms with Gasteiger partial charge in [0.15, 0.2) is 0 Å². The van der Waals surface area contributed by atoms with Crippen molar-refractivity contribution >= 4 is 21.4 Å². The number of anilines is 2. The first-order valence-corrected chi connectivity index (χ1v) is 8.24. The summed E-state index contributed by atoms with van der Waals surface area (Å²) in [4.78, 5) is 4.56.